The zero-order valence-electron chi connectivity index (χ0n) is 9.92. The summed E-state index contributed by atoms with van der Waals surface area (Å²) < 4.78 is 5.44. The zero-order valence-corrected chi connectivity index (χ0v) is 9.92. The van der Waals surface area contributed by atoms with Crippen LogP contribution in [-0.2, 0) is 12.1 Å². The molecule has 0 bridgehead atoms. The van der Waals surface area contributed by atoms with Gasteiger partial charge in [0.2, 0.25) is 0 Å². The van der Waals surface area contributed by atoms with Gasteiger partial charge in [0, 0.05) is 16.7 Å². The van der Waals surface area contributed by atoms with Gasteiger partial charge in [-0.2, -0.15) is 0 Å². The number of hydrogen-bond acceptors (Lipinski definition) is 3. The third-order valence-electron chi connectivity index (χ3n) is 3.43. The summed E-state index contributed by atoms with van der Waals surface area (Å²) in [5.41, 5.74) is 1.99. The molecule has 0 aliphatic carbocycles. The molecule has 1 saturated heterocycles. The lowest BCUT2D eigenvalue weighted by Gasteiger charge is -2.28. The lowest BCUT2D eigenvalue weighted by molar-refractivity contribution is 0.271. The fourth-order valence-electron chi connectivity index (χ4n) is 2.51. The summed E-state index contributed by atoms with van der Waals surface area (Å²) in [6, 6.07) is 5.96. The molecule has 0 spiro atoms. The van der Waals surface area contributed by atoms with Crippen LogP contribution >= 0.6 is 0 Å². The predicted octanol–water partition coefficient (Wildman–Crippen LogP) is 1.79. The number of nitrogens with one attached hydrogen (secondary N) is 1. The Morgan fingerprint density at radius 3 is 2.88 bits per heavy atom. The summed E-state index contributed by atoms with van der Waals surface area (Å²) in [5.74, 6) is 0.821. The van der Waals surface area contributed by atoms with Crippen LogP contribution in [0.2, 0.25) is 0 Å². The molecule has 0 amide bonds. The van der Waals surface area contributed by atoms with Gasteiger partial charge in [0.05, 0.1) is 13.7 Å². The quantitative estimate of drug-likeness (QED) is 0.817. The van der Waals surface area contributed by atoms with E-state index in [1.807, 2.05) is 12.1 Å². The first-order chi connectivity index (χ1) is 7.71. The minimum atomic E-state index is -0.0173. The highest BCUT2D eigenvalue weighted by Crippen LogP contribution is 2.37. The van der Waals surface area contributed by atoms with Gasteiger partial charge in [-0.05, 0) is 26.3 Å². The molecule has 1 aromatic rings. The molecule has 0 aromatic heterocycles. The highest BCUT2D eigenvalue weighted by Gasteiger charge is 2.33. The van der Waals surface area contributed by atoms with Crippen molar-refractivity contribution in [2.45, 2.75) is 31.9 Å². The second-order valence-corrected chi connectivity index (χ2v) is 4.52. The van der Waals surface area contributed by atoms with Crippen molar-refractivity contribution >= 4 is 0 Å². The van der Waals surface area contributed by atoms with E-state index in [2.05, 4.69) is 18.3 Å². The number of benzene rings is 1. The molecule has 1 heterocycles. The van der Waals surface area contributed by atoms with Gasteiger partial charge < -0.3 is 15.2 Å². The number of para-hydroxylation sites is 1. The molecular formula is C13H19NO2. The van der Waals surface area contributed by atoms with Crippen molar-refractivity contribution in [1.29, 1.82) is 0 Å². The maximum Gasteiger partial charge on any atom is 0.129 e. The third kappa shape index (κ3) is 1.81. The van der Waals surface area contributed by atoms with Gasteiger partial charge in [-0.15, -0.1) is 0 Å². The summed E-state index contributed by atoms with van der Waals surface area (Å²) in [4.78, 5) is 0. The zero-order chi connectivity index (χ0) is 11.6. The third-order valence-corrected chi connectivity index (χ3v) is 3.43. The second kappa shape index (κ2) is 4.44. The number of methoxy groups -OCH3 is 1. The van der Waals surface area contributed by atoms with Gasteiger partial charge in [0.25, 0.3) is 0 Å². The molecule has 1 fully saturated rings. The summed E-state index contributed by atoms with van der Waals surface area (Å²) >= 11 is 0. The molecule has 3 nitrogen and oxygen atoms in total. The van der Waals surface area contributed by atoms with Gasteiger partial charge in [0.1, 0.15) is 5.75 Å². The molecule has 2 N–H and O–H groups in total. The molecule has 1 unspecified atom stereocenters. The van der Waals surface area contributed by atoms with Gasteiger partial charge in [-0.1, -0.05) is 18.2 Å². The van der Waals surface area contributed by atoms with Crippen LogP contribution in [0.4, 0.5) is 0 Å². The molecule has 1 aliphatic rings. The number of aliphatic hydroxyl groups is 1. The Morgan fingerprint density at radius 2 is 2.31 bits per heavy atom. The topological polar surface area (TPSA) is 41.5 Å². The highest BCUT2D eigenvalue weighted by atomic mass is 16.5. The van der Waals surface area contributed by atoms with Gasteiger partial charge in [-0.25, -0.2) is 0 Å². The number of ether oxygens (including phenoxy) is 1. The Labute approximate surface area is 96.4 Å². The van der Waals surface area contributed by atoms with Gasteiger partial charge in [0.15, 0.2) is 0 Å². The Hall–Kier alpha value is -1.06. The van der Waals surface area contributed by atoms with E-state index in [1.54, 1.807) is 7.11 Å². The lowest BCUT2D eigenvalue weighted by Crippen LogP contribution is -2.33. The number of hydrogen-bond donors (Lipinski definition) is 2. The molecule has 3 heteroatoms. The molecule has 1 aliphatic heterocycles. The van der Waals surface area contributed by atoms with E-state index < -0.39 is 0 Å². The molecule has 0 radical (unpaired) electrons. The Morgan fingerprint density at radius 1 is 1.50 bits per heavy atom. The molecule has 16 heavy (non-hydrogen) atoms. The first-order valence-electron chi connectivity index (χ1n) is 5.73. The largest absolute Gasteiger partial charge is 0.496 e. The van der Waals surface area contributed by atoms with Crippen LogP contribution in [0.3, 0.4) is 0 Å². The van der Waals surface area contributed by atoms with Crippen molar-refractivity contribution < 1.29 is 9.84 Å². The van der Waals surface area contributed by atoms with E-state index in [-0.39, 0.29) is 12.1 Å². The van der Waals surface area contributed by atoms with Crippen LogP contribution < -0.4 is 10.1 Å². The van der Waals surface area contributed by atoms with Crippen molar-refractivity contribution in [2.75, 3.05) is 13.7 Å². The highest BCUT2D eigenvalue weighted by molar-refractivity contribution is 5.45. The maximum absolute atomic E-state index is 9.30. The van der Waals surface area contributed by atoms with E-state index >= 15 is 0 Å². The Balaban J connectivity index is 2.47. The van der Waals surface area contributed by atoms with Crippen molar-refractivity contribution in [3.05, 3.63) is 29.3 Å². The van der Waals surface area contributed by atoms with Crippen LogP contribution in [0.1, 0.15) is 30.9 Å². The Kier molecular flexibility index (Phi) is 3.17. The predicted molar refractivity (Wildman–Crippen MR) is 63.5 cm³/mol. The lowest BCUT2D eigenvalue weighted by atomic mass is 9.88. The minimum absolute atomic E-state index is 0.0173. The monoisotopic (exact) mass is 221 g/mol. The van der Waals surface area contributed by atoms with E-state index in [4.69, 9.17) is 4.74 Å². The molecule has 88 valence electrons. The van der Waals surface area contributed by atoms with Crippen LogP contribution in [0.15, 0.2) is 18.2 Å². The molecular weight excluding hydrogens is 202 g/mol. The van der Waals surface area contributed by atoms with Crippen molar-refractivity contribution in [2.24, 2.45) is 0 Å². The summed E-state index contributed by atoms with van der Waals surface area (Å²) in [7, 11) is 1.66. The van der Waals surface area contributed by atoms with Crippen LogP contribution in [0.25, 0.3) is 0 Å². The van der Waals surface area contributed by atoms with Gasteiger partial charge in [-0.3, -0.25) is 0 Å². The number of aliphatic hydroxyl groups excluding tert-OH is 1. The summed E-state index contributed by atoms with van der Waals surface area (Å²) in [5, 5.41) is 12.8. The average Bonchev–Trinajstić information content (AvgIpc) is 2.76. The van der Waals surface area contributed by atoms with Crippen molar-refractivity contribution in [3.8, 4) is 5.75 Å². The minimum Gasteiger partial charge on any atom is -0.496 e. The van der Waals surface area contributed by atoms with Gasteiger partial charge >= 0.3 is 0 Å². The van der Waals surface area contributed by atoms with Crippen molar-refractivity contribution in [1.82, 2.24) is 5.32 Å². The maximum atomic E-state index is 9.30. The van der Waals surface area contributed by atoms with E-state index in [0.717, 1.165) is 29.8 Å². The van der Waals surface area contributed by atoms with E-state index in [0.29, 0.717) is 0 Å². The molecule has 0 saturated carbocycles. The molecule has 2 rings (SSSR count). The average molecular weight is 221 g/mol. The normalized spacial score (nSPS) is 24.7. The molecule has 1 aromatic carbocycles. The van der Waals surface area contributed by atoms with Crippen LogP contribution in [0.5, 0.6) is 5.75 Å². The van der Waals surface area contributed by atoms with Crippen LogP contribution in [-0.4, -0.2) is 18.8 Å². The first kappa shape index (κ1) is 11.4. The standard InChI is InChI=1S/C13H19NO2/c1-13(7-4-8-14-13)11-6-3-5-10(9-15)12(11)16-2/h3,5-6,14-15H,4,7-9H2,1-2H3. The van der Waals surface area contributed by atoms with Crippen LogP contribution in [0, 0.1) is 0 Å². The molecule has 1 atom stereocenters. The fourth-order valence-corrected chi connectivity index (χ4v) is 2.51. The van der Waals surface area contributed by atoms with E-state index in [1.165, 1.54) is 6.42 Å². The van der Waals surface area contributed by atoms with Crippen molar-refractivity contribution in [3.63, 3.8) is 0 Å². The number of rotatable bonds is 3. The smallest absolute Gasteiger partial charge is 0.129 e. The van der Waals surface area contributed by atoms with E-state index in [9.17, 15) is 5.11 Å². The fraction of sp³-hybridized carbons (Fsp3) is 0.538. The summed E-state index contributed by atoms with van der Waals surface area (Å²) in [6.45, 7) is 3.26. The summed E-state index contributed by atoms with van der Waals surface area (Å²) in [6.07, 6.45) is 2.29. The SMILES string of the molecule is COc1c(CO)cccc1C1(C)CCCN1. The second-order valence-electron chi connectivity index (χ2n) is 4.52. The Bertz CT molecular complexity index is 370. The first-order valence-corrected chi connectivity index (χ1v) is 5.73.